The number of carbonyl (C=O) groups is 2. The highest BCUT2D eigenvalue weighted by Gasteiger charge is 2.11. The maximum atomic E-state index is 11.3. The van der Waals surface area contributed by atoms with Crippen LogP contribution in [0, 0.1) is 5.92 Å². The van der Waals surface area contributed by atoms with Gasteiger partial charge in [-0.05, 0) is 70.3 Å². The van der Waals surface area contributed by atoms with Gasteiger partial charge in [-0.1, -0.05) is 36.0 Å². The highest BCUT2D eigenvalue weighted by atomic mass is 16.4. The van der Waals surface area contributed by atoms with Crippen LogP contribution in [0.25, 0.3) is 0 Å². The Kier molecular flexibility index (Phi) is 8.31. The SMILES string of the molecule is C=C(C)C1C/C=C(\C)CC/C=C(/C(=O)O)CC/C=C(/C=O)CC1. The lowest BCUT2D eigenvalue weighted by atomic mass is 9.89. The van der Waals surface area contributed by atoms with Crippen LogP contribution in [0.2, 0.25) is 0 Å². The normalized spacial score (nSPS) is 28.1. The van der Waals surface area contributed by atoms with Crippen molar-refractivity contribution >= 4 is 12.3 Å². The van der Waals surface area contributed by atoms with Gasteiger partial charge in [-0.3, -0.25) is 4.79 Å². The molecule has 0 spiro atoms. The number of aldehydes is 1. The molecule has 126 valence electrons. The molecule has 0 aliphatic heterocycles. The van der Waals surface area contributed by atoms with Gasteiger partial charge < -0.3 is 5.11 Å². The summed E-state index contributed by atoms with van der Waals surface area (Å²) in [6.07, 6.45) is 12.1. The van der Waals surface area contributed by atoms with E-state index in [2.05, 4.69) is 19.6 Å². The fraction of sp³-hybridized carbons (Fsp3) is 0.500. The Morgan fingerprint density at radius 1 is 1.22 bits per heavy atom. The molecule has 0 amide bonds. The van der Waals surface area contributed by atoms with Crippen LogP contribution >= 0.6 is 0 Å². The summed E-state index contributed by atoms with van der Waals surface area (Å²) >= 11 is 0. The fourth-order valence-electron chi connectivity index (χ4n) is 2.74. The molecule has 0 radical (unpaired) electrons. The smallest absolute Gasteiger partial charge is 0.331 e. The van der Waals surface area contributed by atoms with Crippen molar-refractivity contribution < 1.29 is 14.7 Å². The van der Waals surface area contributed by atoms with Gasteiger partial charge >= 0.3 is 5.97 Å². The highest BCUT2D eigenvalue weighted by Crippen LogP contribution is 2.24. The van der Waals surface area contributed by atoms with Crippen molar-refractivity contribution in [1.29, 1.82) is 0 Å². The minimum absolute atomic E-state index is 0.390. The average molecular weight is 316 g/mol. The second-order valence-corrected chi connectivity index (χ2v) is 6.38. The first kappa shape index (κ1) is 19.1. The molecule has 0 aromatic heterocycles. The predicted molar refractivity (Wildman–Crippen MR) is 94.2 cm³/mol. The summed E-state index contributed by atoms with van der Waals surface area (Å²) in [7, 11) is 0. The molecule has 1 N–H and O–H groups in total. The molecule has 1 unspecified atom stereocenters. The fourth-order valence-corrected chi connectivity index (χ4v) is 2.74. The van der Waals surface area contributed by atoms with Crippen molar-refractivity contribution in [2.24, 2.45) is 5.92 Å². The third-order valence-corrected chi connectivity index (χ3v) is 4.40. The maximum absolute atomic E-state index is 11.3. The summed E-state index contributed by atoms with van der Waals surface area (Å²) in [5.74, 6) is -0.469. The van der Waals surface area contributed by atoms with Gasteiger partial charge in [0.1, 0.15) is 6.29 Å². The standard InChI is InChI=1S/C20H28O3/c1-15(2)18-12-10-16(3)6-4-8-19(20(22)23)9-5-7-17(14-21)11-13-18/h7-8,10,14,18H,1,4-6,9,11-13H2,2-3H3,(H,22,23)/b16-10+,17-7+,19-8+. The molecule has 0 fully saturated rings. The molecule has 0 aromatic carbocycles. The number of aliphatic carboxylic acids is 1. The third-order valence-electron chi connectivity index (χ3n) is 4.40. The molecule has 1 aliphatic carbocycles. The van der Waals surface area contributed by atoms with Gasteiger partial charge in [-0.25, -0.2) is 4.79 Å². The minimum Gasteiger partial charge on any atom is -0.478 e. The van der Waals surface area contributed by atoms with Crippen molar-refractivity contribution in [2.75, 3.05) is 0 Å². The minimum atomic E-state index is -0.859. The van der Waals surface area contributed by atoms with Gasteiger partial charge in [0.15, 0.2) is 0 Å². The zero-order valence-electron chi connectivity index (χ0n) is 14.3. The lowest BCUT2D eigenvalue weighted by Crippen LogP contribution is -2.03. The zero-order chi connectivity index (χ0) is 17.2. The summed E-state index contributed by atoms with van der Waals surface area (Å²) in [6.45, 7) is 8.21. The number of carboxylic acids is 1. The predicted octanol–water partition coefficient (Wildman–Crippen LogP) is 5.01. The molecular weight excluding hydrogens is 288 g/mol. The summed E-state index contributed by atoms with van der Waals surface area (Å²) in [5.41, 5.74) is 3.63. The Hall–Kier alpha value is -1.90. The molecule has 1 aliphatic rings. The maximum Gasteiger partial charge on any atom is 0.331 e. The van der Waals surface area contributed by atoms with Crippen molar-refractivity contribution in [3.63, 3.8) is 0 Å². The molecule has 1 rings (SSSR count). The summed E-state index contributed by atoms with van der Waals surface area (Å²) in [5, 5.41) is 9.25. The second-order valence-electron chi connectivity index (χ2n) is 6.38. The largest absolute Gasteiger partial charge is 0.478 e. The van der Waals surface area contributed by atoms with Crippen LogP contribution in [0.4, 0.5) is 0 Å². The van der Waals surface area contributed by atoms with Crippen molar-refractivity contribution in [2.45, 2.75) is 58.8 Å². The topological polar surface area (TPSA) is 54.4 Å². The van der Waals surface area contributed by atoms with Crippen LogP contribution in [0.3, 0.4) is 0 Å². The number of allylic oxidation sites excluding steroid dienone is 6. The Bertz CT molecular complexity index is 535. The lowest BCUT2D eigenvalue weighted by molar-refractivity contribution is -0.132. The van der Waals surface area contributed by atoms with E-state index in [1.807, 2.05) is 19.1 Å². The number of carbonyl (C=O) groups excluding carboxylic acids is 1. The Balaban J connectivity index is 2.95. The van der Waals surface area contributed by atoms with Gasteiger partial charge in [-0.15, -0.1) is 0 Å². The lowest BCUT2D eigenvalue weighted by Gasteiger charge is -2.16. The van der Waals surface area contributed by atoms with Crippen LogP contribution < -0.4 is 0 Å². The van der Waals surface area contributed by atoms with Crippen molar-refractivity contribution in [1.82, 2.24) is 0 Å². The van der Waals surface area contributed by atoms with Crippen molar-refractivity contribution in [3.8, 4) is 0 Å². The Morgan fingerprint density at radius 3 is 2.52 bits per heavy atom. The molecule has 3 nitrogen and oxygen atoms in total. The van der Waals surface area contributed by atoms with E-state index in [0.717, 1.165) is 49.5 Å². The number of carboxylic acid groups (broad SMARTS) is 1. The molecule has 0 aromatic rings. The first-order valence-electron chi connectivity index (χ1n) is 8.31. The van der Waals surface area contributed by atoms with Crippen LogP contribution in [0.1, 0.15) is 58.8 Å². The number of hydrogen-bond acceptors (Lipinski definition) is 2. The molecule has 23 heavy (non-hydrogen) atoms. The summed E-state index contributed by atoms with van der Waals surface area (Å²) in [6, 6.07) is 0. The van der Waals surface area contributed by atoms with Crippen LogP contribution in [0.5, 0.6) is 0 Å². The van der Waals surface area contributed by atoms with E-state index in [-0.39, 0.29) is 0 Å². The van der Waals surface area contributed by atoms with Crippen LogP contribution in [-0.4, -0.2) is 17.4 Å². The van der Waals surface area contributed by atoms with E-state index < -0.39 is 5.97 Å². The quantitative estimate of drug-likeness (QED) is 0.588. The van der Waals surface area contributed by atoms with E-state index in [0.29, 0.717) is 24.3 Å². The summed E-state index contributed by atoms with van der Waals surface area (Å²) < 4.78 is 0. The first-order valence-corrected chi connectivity index (χ1v) is 8.31. The molecule has 0 bridgehead atoms. The molecule has 1 atom stereocenters. The second kappa shape index (κ2) is 9.98. The van der Waals surface area contributed by atoms with E-state index in [4.69, 9.17) is 0 Å². The number of rotatable bonds is 3. The van der Waals surface area contributed by atoms with E-state index in [9.17, 15) is 14.7 Å². The zero-order valence-corrected chi connectivity index (χ0v) is 14.3. The van der Waals surface area contributed by atoms with Crippen LogP contribution in [0.15, 0.2) is 47.1 Å². The average Bonchev–Trinajstić information content (AvgIpc) is 2.50. The molecule has 0 saturated heterocycles. The molecule has 0 heterocycles. The Morgan fingerprint density at radius 2 is 1.91 bits per heavy atom. The van der Waals surface area contributed by atoms with E-state index >= 15 is 0 Å². The Labute approximate surface area is 139 Å². The van der Waals surface area contributed by atoms with Gasteiger partial charge in [0.05, 0.1) is 0 Å². The van der Waals surface area contributed by atoms with Gasteiger partial charge in [0, 0.05) is 5.57 Å². The molecule has 3 heteroatoms. The number of hydrogen-bond donors (Lipinski definition) is 1. The van der Waals surface area contributed by atoms with Gasteiger partial charge in [0.25, 0.3) is 0 Å². The summed E-state index contributed by atoms with van der Waals surface area (Å²) in [4.78, 5) is 22.5. The van der Waals surface area contributed by atoms with E-state index in [1.54, 1.807) is 0 Å². The van der Waals surface area contributed by atoms with Gasteiger partial charge in [0.2, 0.25) is 0 Å². The van der Waals surface area contributed by atoms with Crippen molar-refractivity contribution in [3.05, 3.63) is 47.1 Å². The van der Waals surface area contributed by atoms with E-state index in [1.165, 1.54) is 5.57 Å². The molecule has 0 saturated carbocycles. The third kappa shape index (κ3) is 7.27. The van der Waals surface area contributed by atoms with Crippen LogP contribution in [-0.2, 0) is 9.59 Å². The monoisotopic (exact) mass is 316 g/mol. The highest BCUT2D eigenvalue weighted by molar-refractivity contribution is 5.86. The van der Waals surface area contributed by atoms with Gasteiger partial charge in [-0.2, -0.15) is 0 Å². The first-order chi connectivity index (χ1) is 10.9. The molecular formula is C20H28O3.